The third kappa shape index (κ3) is 1.49. The average molecular weight is 249 g/mol. The van der Waals surface area contributed by atoms with Crippen LogP contribution in [0.3, 0.4) is 0 Å². The maximum Gasteiger partial charge on any atom is 0.198 e. The van der Waals surface area contributed by atoms with Gasteiger partial charge in [0.25, 0.3) is 0 Å². The first-order chi connectivity index (χ1) is 8.16. The summed E-state index contributed by atoms with van der Waals surface area (Å²) in [5.41, 5.74) is 2.38. The van der Waals surface area contributed by atoms with E-state index in [0.717, 1.165) is 17.1 Å². The fourth-order valence-electron chi connectivity index (χ4n) is 1.80. The maximum absolute atomic E-state index is 5.95. The largest absolute Gasteiger partial charge is 0.278 e. The van der Waals surface area contributed by atoms with Gasteiger partial charge >= 0.3 is 0 Å². The highest BCUT2D eigenvalue weighted by molar-refractivity contribution is 6.32. The monoisotopic (exact) mass is 248 g/mol. The Labute approximate surface area is 102 Å². The molecule has 0 saturated heterocycles. The van der Waals surface area contributed by atoms with E-state index in [1.165, 1.54) is 0 Å². The first-order valence-electron chi connectivity index (χ1n) is 5.02. The van der Waals surface area contributed by atoms with Crippen LogP contribution in [0.1, 0.15) is 5.69 Å². The lowest BCUT2D eigenvalue weighted by molar-refractivity contribution is 0.756. The first-order valence-corrected chi connectivity index (χ1v) is 5.40. The van der Waals surface area contributed by atoms with Crippen molar-refractivity contribution in [1.29, 1.82) is 0 Å². The number of aromatic nitrogens is 6. The molecule has 17 heavy (non-hydrogen) atoms. The van der Waals surface area contributed by atoms with E-state index in [0.29, 0.717) is 10.8 Å². The Morgan fingerprint density at radius 2 is 2.12 bits per heavy atom. The van der Waals surface area contributed by atoms with Crippen LogP contribution < -0.4 is 0 Å². The summed E-state index contributed by atoms with van der Waals surface area (Å²) in [6.45, 7) is 1.93. The van der Waals surface area contributed by atoms with Gasteiger partial charge in [-0.2, -0.15) is 5.10 Å². The van der Waals surface area contributed by atoms with Gasteiger partial charge in [0, 0.05) is 25.6 Å². The van der Waals surface area contributed by atoms with Crippen LogP contribution in [0.15, 0.2) is 18.6 Å². The van der Waals surface area contributed by atoms with E-state index in [2.05, 4.69) is 20.3 Å². The molecule has 0 saturated carbocycles. The average Bonchev–Trinajstić information content (AvgIpc) is 2.83. The molecular formula is C10H9ClN6. The topological polar surface area (TPSA) is 60.9 Å². The Kier molecular flexibility index (Phi) is 2.12. The lowest BCUT2D eigenvalue weighted by Crippen LogP contribution is -1.91. The van der Waals surface area contributed by atoms with E-state index >= 15 is 0 Å². The maximum atomic E-state index is 5.95. The summed E-state index contributed by atoms with van der Waals surface area (Å²) >= 11 is 5.95. The molecule has 0 aromatic carbocycles. The number of fused-ring (bicyclic) bond motifs is 1. The van der Waals surface area contributed by atoms with Crippen molar-refractivity contribution < 1.29 is 0 Å². The van der Waals surface area contributed by atoms with Gasteiger partial charge in [-0.3, -0.25) is 9.08 Å². The van der Waals surface area contributed by atoms with E-state index in [1.54, 1.807) is 21.5 Å². The van der Waals surface area contributed by atoms with Crippen molar-refractivity contribution in [2.45, 2.75) is 6.92 Å². The van der Waals surface area contributed by atoms with Gasteiger partial charge in [-0.1, -0.05) is 11.6 Å². The van der Waals surface area contributed by atoms with Gasteiger partial charge in [-0.25, -0.2) is 4.98 Å². The van der Waals surface area contributed by atoms with Crippen molar-refractivity contribution in [3.8, 4) is 11.4 Å². The van der Waals surface area contributed by atoms with E-state index in [-0.39, 0.29) is 0 Å². The van der Waals surface area contributed by atoms with Crippen LogP contribution in [0.5, 0.6) is 0 Å². The molecule has 0 radical (unpaired) electrons. The fourth-order valence-corrected chi connectivity index (χ4v) is 1.98. The molecule has 3 rings (SSSR count). The number of aryl methyl sites for hydroxylation is 2. The predicted octanol–water partition coefficient (Wildman–Crippen LogP) is 1.49. The van der Waals surface area contributed by atoms with Crippen molar-refractivity contribution in [2.24, 2.45) is 7.05 Å². The third-order valence-corrected chi connectivity index (χ3v) is 2.80. The molecule has 3 aromatic heterocycles. The number of rotatable bonds is 1. The highest BCUT2D eigenvalue weighted by atomic mass is 35.5. The number of halogens is 1. The van der Waals surface area contributed by atoms with Crippen molar-refractivity contribution in [2.75, 3.05) is 0 Å². The minimum Gasteiger partial charge on any atom is -0.278 e. The molecule has 0 unspecified atom stereocenters. The Morgan fingerprint density at radius 1 is 1.29 bits per heavy atom. The van der Waals surface area contributed by atoms with E-state index < -0.39 is 0 Å². The molecule has 0 N–H and O–H groups in total. The van der Waals surface area contributed by atoms with Gasteiger partial charge in [-0.05, 0) is 6.92 Å². The van der Waals surface area contributed by atoms with E-state index in [9.17, 15) is 0 Å². The Morgan fingerprint density at radius 3 is 2.82 bits per heavy atom. The summed E-state index contributed by atoms with van der Waals surface area (Å²) in [5, 5.41) is 12.8. The molecule has 3 aromatic rings. The second kappa shape index (κ2) is 3.53. The molecule has 7 heteroatoms. The summed E-state index contributed by atoms with van der Waals surface area (Å²) in [6.07, 6.45) is 5.30. The predicted molar refractivity (Wildman–Crippen MR) is 62.7 cm³/mol. The molecular weight excluding hydrogens is 240 g/mol. The smallest absolute Gasteiger partial charge is 0.198 e. The van der Waals surface area contributed by atoms with Crippen LogP contribution in [-0.4, -0.2) is 29.4 Å². The molecule has 0 atom stereocenters. The van der Waals surface area contributed by atoms with Crippen LogP contribution in [0, 0.1) is 6.92 Å². The highest BCUT2D eigenvalue weighted by Gasteiger charge is 2.14. The molecule has 0 fully saturated rings. The summed E-state index contributed by atoms with van der Waals surface area (Å²) in [4.78, 5) is 3.96. The molecule has 86 valence electrons. The molecule has 0 bridgehead atoms. The Balaban J connectivity index is 2.32. The fraction of sp³-hybridized carbons (Fsp3) is 0.200. The van der Waals surface area contributed by atoms with Crippen LogP contribution in [0.2, 0.25) is 5.15 Å². The van der Waals surface area contributed by atoms with Crippen molar-refractivity contribution >= 4 is 17.2 Å². The highest BCUT2D eigenvalue weighted by Crippen LogP contribution is 2.22. The summed E-state index contributed by atoms with van der Waals surface area (Å²) in [6, 6.07) is 0. The third-order valence-electron chi connectivity index (χ3n) is 2.54. The molecule has 0 amide bonds. The van der Waals surface area contributed by atoms with Gasteiger partial charge in [0.2, 0.25) is 0 Å². The van der Waals surface area contributed by atoms with Crippen molar-refractivity contribution in [3.63, 3.8) is 0 Å². The van der Waals surface area contributed by atoms with Crippen molar-refractivity contribution in [3.05, 3.63) is 29.4 Å². The SMILES string of the molecule is Cc1nn(C)cc1-c1nnc2c(Cl)nccn12. The standard InChI is InChI=1S/C10H9ClN6/c1-6-7(5-16(2)15-6)9-13-14-10-8(11)12-3-4-17(9)10/h3-5H,1-2H3. The van der Waals surface area contributed by atoms with Gasteiger partial charge in [0.1, 0.15) is 0 Å². The van der Waals surface area contributed by atoms with E-state index in [1.807, 2.05) is 20.2 Å². The molecule has 0 spiro atoms. The van der Waals surface area contributed by atoms with Gasteiger partial charge in [0.15, 0.2) is 16.6 Å². The minimum atomic E-state index is 0.341. The normalized spacial score (nSPS) is 11.2. The first kappa shape index (κ1) is 10.2. The zero-order valence-corrected chi connectivity index (χ0v) is 10.0. The van der Waals surface area contributed by atoms with Crippen LogP contribution >= 0.6 is 11.6 Å². The molecule has 0 aliphatic heterocycles. The second-order valence-corrected chi connectivity index (χ2v) is 4.10. The molecule has 0 aliphatic rings. The zero-order valence-electron chi connectivity index (χ0n) is 9.29. The van der Waals surface area contributed by atoms with Crippen LogP contribution in [0.4, 0.5) is 0 Å². The zero-order chi connectivity index (χ0) is 12.0. The van der Waals surface area contributed by atoms with E-state index in [4.69, 9.17) is 11.6 Å². The van der Waals surface area contributed by atoms with Gasteiger partial charge in [-0.15, -0.1) is 10.2 Å². The lowest BCUT2D eigenvalue weighted by Gasteiger charge is -1.97. The van der Waals surface area contributed by atoms with Gasteiger partial charge < -0.3 is 0 Å². The Bertz CT molecular complexity index is 698. The summed E-state index contributed by atoms with van der Waals surface area (Å²) < 4.78 is 3.55. The molecule has 0 aliphatic carbocycles. The minimum absolute atomic E-state index is 0.341. The Hall–Kier alpha value is -1.95. The molecule has 6 nitrogen and oxygen atoms in total. The number of hydrogen-bond donors (Lipinski definition) is 0. The number of hydrogen-bond acceptors (Lipinski definition) is 4. The lowest BCUT2D eigenvalue weighted by atomic mass is 10.2. The summed E-state index contributed by atoms with van der Waals surface area (Å²) in [5.74, 6) is 0.718. The quantitative estimate of drug-likeness (QED) is 0.655. The van der Waals surface area contributed by atoms with Crippen LogP contribution in [-0.2, 0) is 7.05 Å². The van der Waals surface area contributed by atoms with Crippen molar-refractivity contribution in [1.82, 2.24) is 29.4 Å². The molecule has 3 heterocycles. The summed E-state index contributed by atoms with van der Waals surface area (Å²) in [7, 11) is 1.87. The number of nitrogens with zero attached hydrogens (tertiary/aromatic N) is 6. The van der Waals surface area contributed by atoms with Crippen LogP contribution in [0.25, 0.3) is 17.0 Å². The second-order valence-electron chi connectivity index (χ2n) is 3.74. The van der Waals surface area contributed by atoms with Gasteiger partial charge in [0.05, 0.1) is 11.3 Å².